The summed E-state index contributed by atoms with van der Waals surface area (Å²) in [5.41, 5.74) is 2.69. The Kier molecular flexibility index (Phi) is 5.57. The van der Waals surface area contributed by atoms with Crippen molar-refractivity contribution < 1.29 is 17.7 Å². The Labute approximate surface area is 171 Å². The lowest BCUT2D eigenvalue weighted by atomic mass is 10.2. The molecule has 2 N–H and O–H groups in total. The van der Waals surface area contributed by atoms with Gasteiger partial charge in [-0.3, -0.25) is 9.52 Å². The van der Waals surface area contributed by atoms with Crippen LogP contribution in [0, 0.1) is 20.8 Å². The Morgan fingerprint density at radius 1 is 1.04 bits per heavy atom. The number of aryl methyl sites for hydroxylation is 3. The predicted molar refractivity (Wildman–Crippen MR) is 110 cm³/mol. The lowest BCUT2D eigenvalue weighted by Crippen LogP contribution is -2.15. The predicted octanol–water partition coefficient (Wildman–Crippen LogP) is 4.42. The molecule has 7 nitrogen and oxygen atoms in total. The third-order valence-corrected chi connectivity index (χ3v) is 6.57. The molecule has 0 saturated heterocycles. The number of benzene rings is 2. The van der Waals surface area contributed by atoms with Crippen LogP contribution in [0.3, 0.4) is 0 Å². The van der Waals surface area contributed by atoms with Crippen molar-refractivity contribution in [2.24, 2.45) is 0 Å². The second kappa shape index (κ2) is 7.76. The molecule has 3 aromatic rings. The largest absolute Gasteiger partial charge is 0.360 e. The Morgan fingerprint density at radius 2 is 1.68 bits per heavy atom. The number of rotatable bonds is 5. The van der Waals surface area contributed by atoms with E-state index in [0.717, 1.165) is 10.0 Å². The molecule has 1 heterocycles. The number of hydrogen-bond acceptors (Lipinski definition) is 5. The molecular weight excluding hydrogens is 446 g/mol. The van der Waals surface area contributed by atoms with Gasteiger partial charge in [0.1, 0.15) is 5.69 Å². The van der Waals surface area contributed by atoms with Crippen LogP contribution in [0.5, 0.6) is 0 Å². The average Bonchev–Trinajstić information content (AvgIpc) is 2.97. The summed E-state index contributed by atoms with van der Waals surface area (Å²) in [6, 6.07) is 11.7. The highest BCUT2D eigenvalue weighted by Crippen LogP contribution is 2.23. The number of halogens is 1. The van der Waals surface area contributed by atoms with E-state index in [9.17, 15) is 13.2 Å². The van der Waals surface area contributed by atoms with Gasteiger partial charge in [-0.2, -0.15) is 0 Å². The molecule has 0 radical (unpaired) electrons. The Hall–Kier alpha value is -2.65. The van der Waals surface area contributed by atoms with Gasteiger partial charge in [-0.05, 0) is 68.8 Å². The number of carbonyl (C=O) groups is 1. The van der Waals surface area contributed by atoms with E-state index in [1.165, 1.54) is 19.1 Å². The fraction of sp³-hybridized carbons (Fsp3) is 0.158. The second-order valence-electron chi connectivity index (χ2n) is 6.25. The third-order valence-electron chi connectivity index (χ3n) is 4.05. The van der Waals surface area contributed by atoms with Gasteiger partial charge < -0.3 is 9.84 Å². The zero-order valence-electron chi connectivity index (χ0n) is 15.4. The minimum Gasteiger partial charge on any atom is -0.360 e. The van der Waals surface area contributed by atoms with E-state index < -0.39 is 10.0 Å². The number of nitrogens with zero attached hydrogens (tertiary/aromatic N) is 1. The number of sulfonamides is 1. The van der Waals surface area contributed by atoms with Crippen LogP contribution in [0.2, 0.25) is 0 Å². The molecule has 1 amide bonds. The number of amides is 1. The Balaban J connectivity index is 1.74. The van der Waals surface area contributed by atoms with Crippen molar-refractivity contribution in [3.05, 3.63) is 69.5 Å². The lowest BCUT2D eigenvalue weighted by Gasteiger charge is -2.09. The number of carbonyl (C=O) groups excluding carboxylic acids is 1. The smallest absolute Gasteiger partial charge is 0.267 e. The van der Waals surface area contributed by atoms with Crippen molar-refractivity contribution in [3.8, 4) is 0 Å². The maximum Gasteiger partial charge on any atom is 0.267 e. The third kappa shape index (κ3) is 4.26. The summed E-state index contributed by atoms with van der Waals surface area (Å²) in [7, 11) is -3.83. The van der Waals surface area contributed by atoms with Gasteiger partial charge >= 0.3 is 0 Å². The normalized spacial score (nSPS) is 11.3. The van der Waals surface area contributed by atoms with Gasteiger partial charge in [-0.15, -0.1) is 0 Å². The highest BCUT2D eigenvalue weighted by Gasteiger charge is 2.24. The summed E-state index contributed by atoms with van der Waals surface area (Å²) in [4.78, 5) is 12.4. The van der Waals surface area contributed by atoms with E-state index in [1.807, 2.05) is 19.1 Å². The molecule has 0 unspecified atom stereocenters. The van der Waals surface area contributed by atoms with Crippen molar-refractivity contribution in [2.45, 2.75) is 25.7 Å². The molecule has 0 bridgehead atoms. The summed E-state index contributed by atoms with van der Waals surface area (Å²) in [6.45, 7) is 5.02. The summed E-state index contributed by atoms with van der Waals surface area (Å²) in [5, 5.41) is 6.47. The monoisotopic (exact) mass is 463 g/mol. The van der Waals surface area contributed by atoms with E-state index in [1.54, 1.807) is 25.1 Å². The van der Waals surface area contributed by atoms with Gasteiger partial charge in [0.05, 0.1) is 0 Å². The molecule has 0 aliphatic carbocycles. The van der Waals surface area contributed by atoms with Gasteiger partial charge in [0, 0.05) is 21.4 Å². The average molecular weight is 464 g/mol. The maximum atomic E-state index is 12.5. The summed E-state index contributed by atoms with van der Waals surface area (Å²) in [6.07, 6.45) is 0. The standard InChI is InChI=1S/C19H18BrN3O4S/c1-11-10-16(8-9-17(11)20)21-19(24)14-4-6-15(7-5-14)23-28(25,26)18-12(2)22-27-13(18)3/h4-10,23H,1-3H3,(H,21,24). The van der Waals surface area contributed by atoms with Gasteiger partial charge in [-0.1, -0.05) is 21.1 Å². The number of nitrogens with one attached hydrogen (secondary N) is 2. The van der Waals surface area contributed by atoms with Gasteiger partial charge in [0.25, 0.3) is 15.9 Å². The van der Waals surface area contributed by atoms with Crippen molar-refractivity contribution in [1.82, 2.24) is 5.16 Å². The minimum absolute atomic E-state index is 0.0138. The highest BCUT2D eigenvalue weighted by atomic mass is 79.9. The maximum absolute atomic E-state index is 12.5. The fourth-order valence-corrected chi connectivity index (χ4v) is 4.32. The number of hydrogen-bond donors (Lipinski definition) is 2. The fourth-order valence-electron chi connectivity index (χ4n) is 2.68. The molecule has 0 aliphatic rings. The molecule has 1 aromatic heterocycles. The molecule has 0 aliphatic heterocycles. The summed E-state index contributed by atoms with van der Waals surface area (Å²) < 4.78 is 33.4. The highest BCUT2D eigenvalue weighted by molar-refractivity contribution is 9.10. The van der Waals surface area contributed by atoms with Crippen LogP contribution >= 0.6 is 15.9 Å². The molecule has 0 atom stereocenters. The summed E-state index contributed by atoms with van der Waals surface area (Å²) >= 11 is 3.42. The van der Waals surface area contributed by atoms with Gasteiger partial charge in [-0.25, -0.2) is 8.42 Å². The quantitative estimate of drug-likeness (QED) is 0.583. The van der Waals surface area contributed by atoms with E-state index in [0.29, 0.717) is 16.9 Å². The first-order chi connectivity index (χ1) is 13.2. The summed E-state index contributed by atoms with van der Waals surface area (Å²) in [5.74, 6) is -0.0763. The van der Waals surface area contributed by atoms with Crippen LogP contribution in [0.1, 0.15) is 27.4 Å². The van der Waals surface area contributed by atoms with E-state index in [2.05, 4.69) is 31.1 Å². The molecule has 0 spiro atoms. The molecule has 0 fully saturated rings. The van der Waals surface area contributed by atoms with E-state index in [-0.39, 0.29) is 22.3 Å². The molecule has 3 rings (SSSR count). The van der Waals surface area contributed by atoms with E-state index >= 15 is 0 Å². The second-order valence-corrected chi connectivity index (χ2v) is 8.73. The van der Waals surface area contributed by atoms with Crippen LogP contribution in [-0.4, -0.2) is 19.5 Å². The zero-order valence-corrected chi connectivity index (χ0v) is 17.8. The number of anilines is 2. The molecule has 2 aromatic carbocycles. The van der Waals surface area contributed by atoms with Crippen LogP contribution in [0.25, 0.3) is 0 Å². The van der Waals surface area contributed by atoms with Crippen molar-refractivity contribution in [2.75, 3.05) is 10.0 Å². The van der Waals surface area contributed by atoms with Crippen molar-refractivity contribution in [1.29, 1.82) is 0 Å². The van der Waals surface area contributed by atoms with Crippen LogP contribution in [0.4, 0.5) is 11.4 Å². The van der Waals surface area contributed by atoms with Gasteiger partial charge in [0.15, 0.2) is 10.7 Å². The van der Waals surface area contributed by atoms with Crippen LogP contribution in [0.15, 0.2) is 56.4 Å². The molecule has 146 valence electrons. The van der Waals surface area contributed by atoms with E-state index in [4.69, 9.17) is 4.52 Å². The first-order valence-corrected chi connectivity index (χ1v) is 10.6. The van der Waals surface area contributed by atoms with Crippen molar-refractivity contribution in [3.63, 3.8) is 0 Å². The SMILES string of the molecule is Cc1cc(NC(=O)c2ccc(NS(=O)(=O)c3c(C)noc3C)cc2)ccc1Br. The first kappa shape index (κ1) is 20.1. The molecular formula is C19H18BrN3O4S. The van der Waals surface area contributed by atoms with Crippen LogP contribution < -0.4 is 10.0 Å². The van der Waals surface area contributed by atoms with Gasteiger partial charge in [0.2, 0.25) is 0 Å². The molecule has 9 heteroatoms. The first-order valence-electron chi connectivity index (χ1n) is 8.30. The minimum atomic E-state index is -3.83. The molecule has 0 saturated carbocycles. The topological polar surface area (TPSA) is 101 Å². The number of aromatic nitrogens is 1. The Bertz CT molecular complexity index is 1120. The Morgan fingerprint density at radius 3 is 2.25 bits per heavy atom. The molecule has 28 heavy (non-hydrogen) atoms. The zero-order chi connectivity index (χ0) is 20.5. The lowest BCUT2D eigenvalue weighted by molar-refractivity contribution is 0.102. The van der Waals surface area contributed by atoms with Crippen molar-refractivity contribution >= 4 is 43.2 Å². The van der Waals surface area contributed by atoms with Crippen LogP contribution in [-0.2, 0) is 10.0 Å².